The number of para-hydroxylation sites is 1. The number of nitrogens with zero attached hydrogens (tertiary/aromatic N) is 2. The molecule has 2 aromatic carbocycles. The van der Waals surface area contributed by atoms with E-state index in [0.29, 0.717) is 5.03 Å². The van der Waals surface area contributed by atoms with Crippen molar-refractivity contribution in [1.29, 1.82) is 0 Å². The highest BCUT2D eigenvalue weighted by Gasteiger charge is 2.17. The smallest absolute Gasteiger partial charge is 0.336 e. The largest absolute Gasteiger partial charge is 0.478 e. The Morgan fingerprint density at radius 3 is 2.71 bits per heavy atom. The molecule has 1 aromatic heterocycles. The quantitative estimate of drug-likeness (QED) is 0.748. The molecule has 0 aliphatic carbocycles. The molecule has 0 fully saturated rings. The van der Waals surface area contributed by atoms with Crippen molar-refractivity contribution < 1.29 is 14.3 Å². The van der Waals surface area contributed by atoms with Crippen LogP contribution in [0.5, 0.6) is 0 Å². The molecule has 6 heteroatoms. The van der Waals surface area contributed by atoms with Gasteiger partial charge in [-0.05, 0) is 18.2 Å². The number of rotatable bonds is 3. The van der Waals surface area contributed by atoms with Crippen LogP contribution in [0.3, 0.4) is 0 Å². The van der Waals surface area contributed by atoms with Crippen LogP contribution >= 0.6 is 11.8 Å². The molecule has 1 N–H and O–H groups in total. The molecule has 104 valence electrons. The molecular formula is C15H9FN2O2S. The second kappa shape index (κ2) is 5.49. The summed E-state index contributed by atoms with van der Waals surface area (Å²) in [6.07, 6.45) is 1.38. The summed E-state index contributed by atoms with van der Waals surface area (Å²) in [5, 5.41) is 10.4. The number of halogens is 1. The van der Waals surface area contributed by atoms with E-state index in [9.17, 15) is 9.18 Å². The van der Waals surface area contributed by atoms with Crippen LogP contribution in [0.1, 0.15) is 10.4 Å². The molecule has 0 bridgehead atoms. The maximum atomic E-state index is 14.0. The molecule has 4 nitrogen and oxygen atoms in total. The van der Waals surface area contributed by atoms with Crippen LogP contribution in [0.2, 0.25) is 0 Å². The molecule has 0 radical (unpaired) electrons. The molecule has 0 amide bonds. The Hall–Kier alpha value is -2.47. The number of aromatic nitrogens is 2. The zero-order valence-electron chi connectivity index (χ0n) is 10.7. The van der Waals surface area contributed by atoms with Gasteiger partial charge >= 0.3 is 5.97 Å². The maximum absolute atomic E-state index is 14.0. The second-order valence-corrected chi connectivity index (χ2v) is 5.22. The summed E-state index contributed by atoms with van der Waals surface area (Å²) in [6, 6.07) is 11.3. The van der Waals surface area contributed by atoms with Crippen molar-refractivity contribution in [3.05, 3.63) is 60.2 Å². The van der Waals surface area contributed by atoms with E-state index in [4.69, 9.17) is 5.11 Å². The summed E-state index contributed by atoms with van der Waals surface area (Å²) in [5.41, 5.74) is 0.644. The normalized spacial score (nSPS) is 10.7. The Morgan fingerprint density at radius 1 is 1.10 bits per heavy atom. The monoisotopic (exact) mass is 300 g/mol. The molecule has 3 aromatic rings. The van der Waals surface area contributed by atoms with Crippen LogP contribution in [0, 0.1) is 5.82 Å². The fraction of sp³-hybridized carbons (Fsp3) is 0. The van der Waals surface area contributed by atoms with Gasteiger partial charge < -0.3 is 5.11 Å². The minimum atomic E-state index is -1.17. The number of benzene rings is 2. The average molecular weight is 300 g/mol. The number of aromatic carboxylic acids is 1. The highest BCUT2D eigenvalue weighted by molar-refractivity contribution is 7.99. The summed E-state index contributed by atoms with van der Waals surface area (Å²) in [4.78, 5) is 19.5. The van der Waals surface area contributed by atoms with Crippen LogP contribution in [0.15, 0.2) is 58.7 Å². The van der Waals surface area contributed by atoms with Crippen LogP contribution < -0.4 is 0 Å². The van der Waals surface area contributed by atoms with Crippen LogP contribution in [-0.4, -0.2) is 21.0 Å². The first-order valence-corrected chi connectivity index (χ1v) is 6.88. The Bertz CT molecular complexity index is 834. The van der Waals surface area contributed by atoms with Gasteiger partial charge in [0.25, 0.3) is 0 Å². The molecule has 0 saturated carbocycles. The molecule has 0 aliphatic heterocycles. The highest BCUT2D eigenvalue weighted by Crippen LogP contribution is 2.34. The van der Waals surface area contributed by atoms with E-state index in [1.165, 1.54) is 24.5 Å². The molecule has 0 unspecified atom stereocenters. The first-order chi connectivity index (χ1) is 10.2. The van der Waals surface area contributed by atoms with Gasteiger partial charge in [0.05, 0.1) is 16.0 Å². The number of carboxylic acid groups (broad SMARTS) is 1. The molecule has 0 aliphatic rings. The standard InChI is InChI=1S/C15H9FN2O2S/c16-11-6-3-5-10(15(19)20)13(11)21-14-9-4-1-2-7-12(9)17-8-18-14/h1-8H,(H,19,20). The average Bonchev–Trinajstić information content (AvgIpc) is 2.49. The van der Waals surface area contributed by atoms with E-state index in [1.807, 2.05) is 24.3 Å². The SMILES string of the molecule is O=C(O)c1cccc(F)c1Sc1ncnc2ccccc12. The van der Waals surface area contributed by atoms with E-state index in [-0.39, 0.29) is 10.5 Å². The number of carboxylic acids is 1. The number of hydrogen-bond acceptors (Lipinski definition) is 4. The van der Waals surface area contributed by atoms with Crippen molar-refractivity contribution >= 4 is 28.6 Å². The lowest BCUT2D eigenvalue weighted by Gasteiger charge is -2.08. The van der Waals surface area contributed by atoms with Crippen molar-refractivity contribution in [2.45, 2.75) is 9.92 Å². The maximum Gasteiger partial charge on any atom is 0.336 e. The third-order valence-electron chi connectivity index (χ3n) is 2.90. The minimum Gasteiger partial charge on any atom is -0.478 e. The number of fused-ring (bicyclic) bond motifs is 1. The fourth-order valence-electron chi connectivity index (χ4n) is 1.94. The molecular weight excluding hydrogens is 291 g/mol. The van der Waals surface area contributed by atoms with Gasteiger partial charge in [-0.15, -0.1) is 0 Å². The summed E-state index contributed by atoms with van der Waals surface area (Å²) in [6.45, 7) is 0. The Labute approximate surface area is 123 Å². The summed E-state index contributed by atoms with van der Waals surface area (Å²) in [5.74, 6) is -1.75. The molecule has 3 rings (SSSR count). The first-order valence-electron chi connectivity index (χ1n) is 6.06. The van der Waals surface area contributed by atoms with Gasteiger partial charge in [-0.25, -0.2) is 19.2 Å². The predicted molar refractivity (Wildman–Crippen MR) is 77.0 cm³/mol. The third kappa shape index (κ3) is 2.57. The minimum absolute atomic E-state index is 0.0499. The molecule has 1 heterocycles. The van der Waals surface area contributed by atoms with E-state index in [1.54, 1.807) is 0 Å². The Morgan fingerprint density at radius 2 is 1.90 bits per heavy atom. The van der Waals surface area contributed by atoms with E-state index >= 15 is 0 Å². The third-order valence-corrected chi connectivity index (χ3v) is 4.04. The topological polar surface area (TPSA) is 63.1 Å². The van der Waals surface area contributed by atoms with Gasteiger partial charge in [-0.3, -0.25) is 0 Å². The number of carbonyl (C=O) groups is 1. The van der Waals surface area contributed by atoms with Crippen molar-refractivity contribution in [2.75, 3.05) is 0 Å². The zero-order valence-corrected chi connectivity index (χ0v) is 11.5. The second-order valence-electron chi connectivity index (χ2n) is 4.22. The van der Waals surface area contributed by atoms with E-state index in [0.717, 1.165) is 22.7 Å². The lowest BCUT2D eigenvalue weighted by atomic mass is 10.2. The van der Waals surface area contributed by atoms with E-state index < -0.39 is 11.8 Å². The van der Waals surface area contributed by atoms with Gasteiger partial charge in [0.2, 0.25) is 0 Å². The number of hydrogen-bond donors (Lipinski definition) is 1. The first kappa shape index (κ1) is 13.5. The van der Waals surface area contributed by atoms with Gasteiger partial charge in [-0.2, -0.15) is 0 Å². The summed E-state index contributed by atoms with van der Waals surface area (Å²) >= 11 is 0.992. The molecule has 21 heavy (non-hydrogen) atoms. The highest BCUT2D eigenvalue weighted by atomic mass is 32.2. The van der Waals surface area contributed by atoms with Gasteiger partial charge in [0.1, 0.15) is 17.2 Å². The lowest BCUT2D eigenvalue weighted by Crippen LogP contribution is -2.01. The Balaban J connectivity index is 2.13. The lowest BCUT2D eigenvalue weighted by molar-refractivity contribution is 0.0692. The van der Waals surface area contributed by atoms with E-state index in [2.05, 4.69) is 9.97 Å². The van der Waals surface area contributed by atoms with Crippen molar-refractivity contribution in [2.24, 2.45) is 0 Å². The van der Waals surface area contributed by atoms with Gasteiger partial charge in [0.15, 0.2) is 0 Å². The van der Waals surface area contributed by atoms with Crippen molar-refractivity contribution in [3.8, 4) is 0 Å². The van der Waals surface area contributed by atoms with Crippen molar-refractivity contribution in [1.82, 2.24) is 9.97 Å². The predicted octanol–water partition coefficient (Wildman–Crippen LogP) is 3.62. The fourth-order valence-corrected chi connectivity index (χ4v) is 2.95. The summed E-state index contributed by atoms with van der Waals surface area (Å²) in [7, 11) is 0. The van der Waals surface area contributed by atoms with Crippen molar-refractivity contribution in [3.63, 3.8) is 0 Å². The summed E-state index contributed by atoms with van der Waals surface area (Å²) < 4.78 is 14.0. The Kier molecular flexibility index (Phi) is 3.53. The van der Waals surface area contributed by atoms with Crippen LogP contribution in [0.25, 0.3) is 10.9 Å². The van der Waals surface area contributed by atoms with Gasteiger partial charge in [-0.1, -0.05) is 36.0 Å². The molecule has 0 spiro atoms. The van der Waals surface area contributed by atoms with Crippen LogP contribution in [0.4, 0.5) is 4.39 Å². The van der Waals surface area contributed by atoms with Crippen LogP contribution in [-0.2, 0) is 0 Å². The molecule has 0 atom stereocenters. The molecule has 0 saturated heterocycles. The van der Waals surface area contributed by atoms with Gasteiger partial charge in [0, 0.05) is 5.39 Å². The zero-order chi connectivity index (χ0) is 14.8.